The molecule has 6 heteroatoms. The predicted octanol–water partition coefficient (Wildman–Crippen LogP) is 5.53. The lowest BCUT2D eigenvalue weighted by Crippen LogP contribution is -2.32. The van der Waals surface area contributed by atoms with Gasteiger partial charge in [-0.05, 0) is 53.4 Å². The molecule has 0 aliphatic carbocycles. The quantitative estimate of drug-likeness (QED) is 0.526. The van der Waals surface area contributed by atoms with Crippen LogP contribution in [-0.4, -0.2) is 18.9 Å². The number of hydrogen-bond acceptors (Lipinski definition) is 4. The summed E-state index contributed by atoms with van der Waals surface area (Å²) in [5, 5.41) is 3.03. The van der Waals surface area contributed by atoms with Crippen molar-refractivity contribution in [2.75, 3.05) is 17.3 Å². The summed E-state index contributed by atoms with van der Waals surface area (Å²) in [6.07, 6.45) is 0. The lowest BCUT2D eigenvalue weighted by atomic mass is 9.87. The van der Waals surface area contributed by atoms with Crippen molar-refractivity contribution in [1.29, 1.82) is 0 Å². The van der Waals surface area contributed by atoms with Gasteiger partial charge in [-0.3, -0.25) is 9.59 Å². The van der Waals surface area contributed by atoms with Crippen molar-refractivity contribution in [3.05, 3.63) is 95.4 Å². The highest BCUT2D eigenvalue weighted by atomic mass is 19.1. The summed E-state index contributed by atoms with van der Waals surface area (Å²) in [5.41, 5.74) is 2.79. The fourth-order valence-corrected chi connectivity index (χ4v) is 3.77. The van der Waals surface area contributed by atoms with Gasteiger partial charge >= 0.3 is 0 Å². The smallest absolute Gasteiger partial charge is 0.282 e. The Kier molecular flexibility index (Phi) is 5.77. The number of amides is 2. The van der Waals surface area contributed by atoms with Gasteiger partial charge in [-0.1, -0.05) is 51.1 Å². The largest absolute Gasteiger partial charge is 0.496 e. The average Bonchev–Trinajstić information content (AvgIpc) is 3.04. The van der Waals surface area contributed by atoms with Crippen LogP contribution < -0.4 is 15.0 Å². The molecule has 5 nitrogen and oxygen atoms in total. The van der Waals surface area contributed by atoms with E-state index in [2.05, 4.69) is 26.1 Å². The number of para-hydroxylation sites is 1. The van der Waals surface area contributed by atoms with E-state index < -0.39 is 17.6 Å². The lowest BCUT2D eigenvalue weighted by Gasteiger charge is -2.21. The van der Waals surface area contributed by atoms with Crippen LogP contribution in [0.25, 0.3) is 5.57 Å². The Bertz CT molecular complexity index is 1240. The van der Waals surface area contributed by atoms with Crippen LogP contribution in [-0.2, 0) is 15.0 Å². The van der Waals surface area contributed by atoms with Crippen LogP contribution in [0.15, 0.2) is 78.5 Å². The molecule has 168 valence electrons. The second-order valence-corrected chi connectivity index (χ2v) is 8.82. The van der Waals surface area contributed by atoms with E-state index in [-0.39, 0.29) is 16.7 Å². The van der Waals surface area contributed by atoms with Gasteiger partial charge in [0.15, 0.2) is 0 Å². The molecule has 0 fully saturated rings. The number of nitrogens with one attached hydrogen (secondary N) is 1. The molecule has 3 aromatic rings. The molecule has 0 spiro atoms. The second-order valence-electron chi connectivity index (χ2n) is 8.82. The van der Waals surface area contributed by atoms with Crippen molar-refractivity contribution < 1.29 is 18.7 Å². The highest BCUT2D eigenvalue weighted by molar-refractivity contribution is 6.46. The maximum absolute atomic E-state index is 13.6. The highest BCUT2D eigenvalue weighted by Gasteiger charge is 2.41. The van der Waals surface area contributed by atoms with Gasteiger partial charge in [0.05, 0.1) is 18.4 Å². The first-order valence-corrected chi connectivity index (χ1v) is 10.6. The highest BCUT2D eigenvalue weighted by Crippen LogP contribution is 2.37. The van der Waals surface area contributed by atoms with E-state index in [9.17, 15) is 14.0 Å². The second kappa shape index (κ2) is 8.54. The van der Waals surface area contributed by atoms with Crippen LogP contribution in [0.4, 0.5) is 15.8 Å². The molecule has 4 rings (SSSR count). The monoisotopic (exact) mass is 444 g/mol. The Morgan fingerprint density at radius 2 is 1.48 bits per heavy atom. The van der Waals surface area contributed by atoms with E-state index in [1.165, 1.54) is 31.4 Å². The molecule has 0 bridgehead atoms. The minimum atomic E-state index is -0.492. The number of anilines is 2. The summed E-state index contributed by atoms with van der Waals surface area (Å²) in [5.74, 6) is -0.878. The standard InChI is InChI=1S/C27H25FN2O3/c1-27(2,3)17-9-15-20(16-10-17)30-25(31)23(21-7-5-6-8-22(21)33-4)24(26(30)32)29-19-13-11-18(28)12-14-19/h5-16,29H,1-4H3. The maximum atomic E-state index is 13.6. The topological polar surface area (TPSA) is 58.6 Å². The van der Waals surface area contributed by atoms with Gasteiger partial charge in [0.2, 0.25) is 0 Å². The Labute approximate surface area is 192 Å². The van der Waals surface area contributed by atoms with Crippen molar-refractivity contribution in [2.45, 2.75) is 26.2 Å². The van der Waals surface area contributed by atoms with E-state index >= 15 is 0 Å². The summed E-state index contributed by atoms with van der Waals surface area (Å²) < 4.78 is 18.8. The Balaban J connectivity index is 1.81. The van der Waals surface area contributed by atoms with E-state index in [0.717, 1.165) is 10.5 Å². The Hall–Kier alpha value is -3.93. The molecule has 0 saturated carbocycles. The van der Waals surface area contributed by atoms with E-state index in [1.54, 1.807) is 36.4 Å². The summed E-state index contributed by atoms with van der Waals surface area (Å²) in [7, 11) is 1.51. The molecule has 2 amide bonds. The fraction of sp³-hybridized carbons (Fsp3) is 0.185. The number of ether oxygens (including phenoxy) is 1. The number of rotatable bonds is 5. The third-order valence-electron chi connectivity index (χ3n) is 5.57. The summed E-state index contributed by atoms with van der Waals surface area (Å²) in [4.78, 5) is 28.3. The molecule has 0 saturated heterocycles. The van der Waals surface area contributed by atoms with Crippen LogP contribution in [0.1, 0.15) is 31.9 Å². The van der Waals surface area contributed by atoms with Crippen molar-refractivity contribution in [1.82, 2.24) is 0 Å². The number of benzene rings is 3. The van der Waals surface area contributed by atoms with Crippen molar-refractivity contribution in [3.63, 3.8) is 0 Å². The maximum Gasteiger partial charge on any atom is 0.282 e. The first-order valence-electron chi connectivity index (χ1n) is 10.6. The number of halogens is 1. The number of nitrogens with zero attached hydrogens (tertiary/aromatic N) is 1. The van der Waals surface area contributed by atoms with Crippen molar-refractivity contribution in [3.8, 4) is 5.75 Å². The molecule has 0 atom stereocenters. The molecule has 33 heavy (non-hydrogen) atoms. The van der Waals surface area contributed by atoms with E-state index in [4.69, 9.17) is 4.74 Å². The fourth-order valence-electron chi connectivity index (χ4n) is 3.77. The van der Waals surface area contributed by atoms with Crippen LogP contribution >= 0.6 is 0 Å². The molecule has 0 radical (unpaired) electrons. The first-order chi connectivity index (χ1) is 15.7. The van der Waals surface area contributed by atoms with Crippen LogP contribution in [0.3, 0.4) is 0 Å². The van der Waals surface area contributed by atoms with Crippen LogP contribution in [0.2, 0.25) is 0 Å². The minimum Gasteiger partial charge on any atom is -0.496 e. The molecule has 1 aliphatic rings. The van der Waals surface area contributed by atoms with Crippen LogP contribution in [0.5, 0.6) is 5.75 Å². The molecular weight excluding hydrogens is 419 g/mol. The van der Waals surface area contributed by atoms with Gasteiger partial charge in [0.1, 0.15) is 17.3 Å². The van der Waals surface area contributed by atoms with Gasteiger partial charge in [0, 0.05) is 11.3 Å². The zero-order valence-corrected chi connectivity index (χ0v) is 19.0. The average molecular weight is 445 g/mol. The zero-order chi connectivity index (χ0) is 23.8. The predicted molar refractivity (Wildman–Crippen MR) is 128 cm³/mol. The molecule has 0 unspecified atom stereocenters. The van der Waals surface area contributed by atoms with E-state index in [0.29, 0.717) is 22.7 Å². The summed E-state index contributed by atoms with van der Waals surface area (Å²) >= 11 is 0. The number of methoxy groups -OCH3 is 1. The molecule has 1 N–H and O–H groups in total. The Morgan fingerprint density at radius 3 is 2.09 bits per heavy atom. The minimum absolute atomic E-state index is 0.0618. The summed E-state index contributed by atoms with van der Waals surface area (Å²) in [6.45, 7) is 6.29. The number of carbonyl (C=O) groups is 2. The molecule has 3 aromatic carbocycles. The number of hydrogen-bond donors (Lipinski definition) is 1. The van der Waals surface area contributed by atoms with E-state index in [1.807, 2.05) is 12.1 Å². The van der Waals surface area contributed by atoms with Crippen molar-refractivity contribution >= 4 is 28.8 Å². The number of imide groups is 1. The molecule has 1 heterocycles. The van der Waals surface area contributed by atoms with Crippen molar-refractivity contribution in [2.24, 2.45) is 0 Å². The molecule has 0 aromatic heterocycles. The molecular formula is C27H25FN2O3. The third-order valence-corrected chi connectivity index (χ3v) is 5.57. The zero-order valence-electron chi connectivity index (χ0n) is 19.0. The third kappa shape index (κ3) is 4.24. The number of carbonyl (C=O) groups excluding carboxylic acids is 2. The van der Waals surface area contributed by atoms with Gasteiger partial charge in [-0.15, -0.1) is 0 Å². The SMILES string of the molecule is COc1ccccc1C1=C(Nc2ccc(F)cc2)C(=O)N(c2ccc(C(C)(C)C)cc2)C1=O. The lowest BCUT2D eigenvalue weighted by molar-refractivity contribution is -0.120. The normalized spacial score (nSPS) is 14.2. The summed E-state index contributed by atoms with van der Waals surface area (Å²) in [6, 6.07) is 20.0. The van der Waals surface area contributed by atoms with Gasteiger partial charge in [-0.2, -0.15) is 0 Å². The molecule has 1 aliphatic heterocycles. The van der Waals surface area contributed by atoms with Gasteiger partial charge in [-0.25, -0.2) is 9.29 Å². The first kappa shape index (κ1) is 22.3. The van der Waals surface area contributed by atoms with Gasteiger partial charge in [0.25, 0.3) is 11.8 Å². The van der Waals surface area contributed by atoms with Gasteiger partial charge < -0.3 is 10.1 Å². The Morgan fingerprint density at radius 1 is 0.848 bits per heavy atom. The van der Waals surface area contributed by atoms with Crippen LogP contribution in [0, 0.1) is 5.82 Å².